The number of nitrogens with one attached hydrogen (secondary N) is 2. The van der Waals surface area contributed by atoms with Crippen molar-refractivity contribution in [3.05, 3.63) is 40.4 Å². The molecule has 2 N–H and O–H groups in total. The monoisotopic (exact) mass is 414 g/mol. The van der Waals surface area contributed by atoms with Gasteiger partial charge in [-0.15, -0.1) is 11.3 Å². The molecule has 2 aromatic rings. The van der Waals surface area contributed by atoms with Gasteiger partial charge in [-0.3, -0.25) is 14.4 Å². The first-order chi connectivity index (χ1) is 13.8. The molecule has 1 atom stereocenters. The number of amides is 3. The number of hydrogen-bond donors (Lipinski definition) is 2. The molecule has 0 saturated carbocycles. The van der Waals surface area contributed by atoms with Crippen LogP contribution >= 0.6 is 11.3 Å². The van der Waals surface area contributed by atoms with Gasteiger partial charge in [0, 0.05) is 30.7 Å². The minimum atomic E-state index is -0.935. The number of ether oxygens (including phenoxy) is 1. The SMILES string of the molecule is Cc1nc(NC(=O)CN2CC[C@@]3(CCC2=O)NC(=O)c2ccccc2O3)sc1C. The van der Waals surface area contributed by atoms with Crippen LogP contribution in [0.2, 0.25) is 0 Å². The summed E-state index contributed by atoms with van der Waals surface area (Å²) in [5.41, 5.74) is 0.429. The minimum absolute atomic E-state index is 0.0584. The molecule has 3 amide bonds. The van der Waals surface area contributed by atoms with Gasteiger partial charge in [-0.1, -0.05) is 12.1 Å². The van der Waals surface area contributed by atoms with Crippen LogP contribution in [0.15, 0.2) is 24.3 Å². The number of carbonyl (C=O) groups excluding carboxylic acids is 3. The maximum atomic E-state index is 12.6. The zero-order valence-corrected chi connectivity index (χ0v) is 17.1. The van der Waals surface area contributed by atoms with E-state index in [9.17, 15) is 14.4 Å². The Labute approximate surface area is 172 Å². The van der Waals surface area contributed by atoms with Crippen LogP contribution in [0.25, 0.3) is 0 Å². The van der Waals surface area contributed by atoms with Gasteiger partial charge in [-0.25, -0.2) is 4.98 Å². The van der Waals surface area contributed by atoms with Crippen LogP contribution in [0.3, 0.4) is 0 Å². The number of carbonyl (C=O) groups is 3. The first-order valence-corrected chi connectivity index (χ1v) is 10.3. The normalized spacial score (nSPS) is 21.2. The number of nitrogens with zero attached hydrogens (tertiary/aromatic N) is 2. The van der Waals surface area contributed by atoms with E-state index in [2.05, 4.69) is 15.6 Å². The van der Waals surface area contributed by atoms with E-state index in [0.29, 0.717) is 35.8 Å². The molecule has 2 aliphatic rings. The number of aryl methyl sites for hydroxylation is 2. The lowest BCUT2D eigenvalue weighted by atomic mass is 10.0. The molecule has 0 aliphatic carbocycles. The highest BCUT2D eigenvalue weighted by atomic mass is 32.1. The van der Waals surface area contributed by atoms with Crippen molar-refractivity contribution in [3.8, 4) is 5.75 Å². The maximum Gasteiger partial charge on any atom is 0.258 e. The summed E-state index contributed by atoms with van der Waals surface area (Å²) in [5.74, 6) is -0.119. The molecule has 0 bridgehead atoms. The van der Waals surface area contributed by atoms with Crippen LogP contribution in [0, 0.1) is 13.8 Å². The lowest BCUT2D eigenvalue weighted by molar-refractivity contribution is -0.134. The fraction of sp³-hybridized carbons (Fsp3) is 0.400. The molecule has 1 saturated heterocycles. The van der Waals surface area contributed by atoms with Crippen molar-refractivity contribution in [2.45, 2.75) is 38.8 Å². The molecule has 4 rings (SSSR count). The predicted octanol–water partition coefficient (Wildman–Crippen LogP) is 2.23. The van der Waals surface area contributed by atoms with Gasteiger partial charge in [-0.05, 0) is 26.0 Å². The molecule has 29 heavy (non-hydrogen) atoms. The molecule has 2 aliphatic heterocycles. The quantitative estimate of drug-likeness (QED) is 0.802. The second-order valence-electron chi connectivity index (χ2n) is 7.32. The molecule has 3 heterocycles. The number of aromatic nitrogens is 1. The number of thiazole rings is 1. The zero-order chi connectivity index (χ0) is 20.6. The summed E-state index contributed by atoms with van der Waals surface area (Å²) in [6.45, 7) is 4.08. The first-order valence-electron chi connectivity index (χ1n) is 9.47. The number of hydrogen-bond acceptors (Lipinski definition) is 6. The van der Waals surface area contributed by atoms with Crippen LogP contribution < -0.4 is 15.4 Å². The van der Waals surface area contributed by atoms with E-state index in [1.807, 2.05) is 19.9 Å². The summed E-state index contributed by atoms with van der Waals surface area (Å²) < 4.78 is 6.10. The summed E-state index contributed by atoms with van der Waals surface area (Å²) >= 11 is 1.41. The van der Waals surface area contributed by atoms with E-state index in [1.165, 1.54) is 16.2 Å². The van der Waals surface area contributed by atoms with E-state index < -0.39 is 5.72 Å². The second kappa shape index (κ2) is 7.47. The number of rotatable bonds is 3. The van der Waals surface area contributed by atoms with Gasteiger partial charge in [0.15, 0.2) is 10.9 Å². The number of fused-ring (bicyclic) bond motifs is 1. The minimum Gasteiger partial charge on any atom is -0.467 e. The third-order valence-electron chi connectivity index (χ3n) is 5.27. The molecule has 1 aromatic carbocycles. The largest absolute Gasteiger partial charge is 0.467 e. The Balaban J connectivity index is 1.43. The Morgan fingerprint density at radius 3 is 2.86 bits per heavy atom. The van der Waals surface area contributed by atoms with Crippen molar-refractivity contribution >= 4 is 34.2 Å². The fourth-order valence-corrected chi connectivity index (χ4v) is 4.37. The Bertz CT molecular complexity index is 969. The van der Waals surface area contributed by atoms with Crippen LogP contribution in [-0.2, 0) is 9.59 Å². The average molecular weight is 414 g/mol. The lowest BCUT2D eigenvalue weighted by Gasteiger charge is -2.38. The van der Waals surface area contributed by atoms with E-state index >= 15 is 0 Å². The number of likely N-dealkylation sites (tertiary alicyclic amines) is 1. The van der Waals surface area contributed by atoms with Crippen LogP contribution in [-0.4, -0.2) is 46.4 Å². The summed E-state index contributed by atoms with van der Waals surface area (Å²) in [7, 11) is 0. The number of anilines is 1. The van der Waals surface area contributed by atoms with Crippen molar-refractivity contribution < 1.29 is 19.1 Å². The van der Waals surface area contributed by atoms with Crippen molar-refractivity contribution in [2.24, 2.45) is 0 Å². The van der Waals surface area contributed by atoms with Crippen molar-refractivity contribution in [1.29, 1.82) is 0 Å². The Hall–Kier alpha value is -2.94. The molecule has 9 heteroatoms. The molecule has 1 spiro atoms. The standard InChI is InChI=1S/C20H22N4O4S/c1-12-13(2)29-19(21-12)22-16(25)11-24-10-9-20(8-7-17(24)26)23-18(27)14-5-3-4-6-15(14)28-20/h3-6H,7-11H2,1-2H3,(H,23,27)(H,21,22,25)/t20-/m0/s1. The fourth-order valence-electron chi connectivity index (χ4n) is 3.54. The van der Waals surface area contributed by atoms with Gasteiger partial charge in [0.25, 0.3) is 5.91 Å². The predicted molar refractivity (Wildman–Crippen MR) is 108 cm³/mol. The highest BCUT2D eigenvalue weighted by Crippen LogP contribution is 2.33. The topological polar surface area (TPSA) is 101 Å². The van der Waals surface area contributed by atoms with E-state index in [1.54, 1.807) is 18.2 Å². The lowest BCUT2D eigenvalue weighted by Crippen LogP contribution is -2.56. The Morgan fingerprint density at radius 1 is 1.31 bits per heavy atom. The molecule has 1 fully saturated rings. The van der Waals surface area contributed by atoms with Crippen molar-refractivity contribution in [2.75, 3.05) is 18.4 Å². The third-order valence-corrected chi connectivity index (χ3v) is 6.26. The highest BCUT2D eigenvalue weighted by molar-refractivity contribution is 7.15. The van der Waals surface area contributed by atoms with Crippen LogP contribution in [0.1, 0.15) is 40.2 Å². The van der Waals surface area contributed by atoms with E-state index in [4.69, 9.17) is 4.74 Å². The summed E-state index contributed by atoms with van der Waals surface area (Å²) in [6, 6.07) is 7.05. The molecule has 152 valence electrons. The Kier molecular flexibility index (Phi) is 4.99. The van der Waals surface area contributed by atoms with Gasteiger partial charge in [0.05, 0.1) is 17.8 Å². The van der Waals surface area contributed by atoms with Gasteiger partial charge in [0.2, 0.25) is 11.8 Å². The van der Waals surface area contributed by atoms with Gasteiger partial charge < -0.3 is 20.3 Å². The molecular formula is C20H22N4O4S. The van der Waals surface area contributed by atoms with Crippen LogP contribution in [0.5, 0.6) is 5.75 Å². The average Bonchev–Trinajstić information content (AvgIpc) is 2.92. The van der Waals surface area contributed by atoms with E-state index in [-0.39, 0.29) is 30.7 Å². The van der Waals surface area contributed by atoms with Crippen LogP contribution in [0.4, 0.5) is 5.13 Å². The molecular weight excluding hydrogens is 392 g/mol. The van der Waals surface area contributed by atoms with Crippen molar-refractivity contribution in [1.82, 2.24) is 15.2 Å². The summed E-state index contributed by atoms with van der Waals surface area (Å²) in [4.78, 5) is 44.3. The Morgan fingerprint density at radius 2 is 2.10 bits per heavy atom. The zero-order valence-electron chi connectivity index (χ0n) is 16.3. The summed E-state index contributed by atoms with van der Waals surface area (Å²) in [6.07, 6.45) is 0.946. The summed E-state index contributed by atoms with van der Waals surface area (Å²) in [5, 5.41) is 6.21. The van der Waals surface area contributed by atoms with Gasteiger partial charge in [0.1, 0.15) is 5.75 Å². The molecule has 0 unspecified atom stereocenters. The second-order valence-corrected chi connectivity index (χ2v) is 8.52. The van der Waals surface area contributed by atoms with E-state index in [0.717, 1.165) is 10.6 Å². The molecule has 1 aromatic heterocycles. The number of benzene rings is 1. The maximum absolute atomic E-state index is 12.6. The first kappa shape index (κ1) is 19.4. The number of para-hydroxylation sites is 1. The smallest absolute Gasteiger partial charge is 0.258 e. The van der Waals surface area contributed by atoms with Gasteiger partial charge in [-0.2, -0.15) is 0 Å². The van der Waals surface area contributed by atoms with Gasteiger partial charge >= 0.3 is 0 Å². The third kappa shape index (κ3) is 3.95. The van der Waals surface area contributed by atoms with Crippen molar-refractivity contribution in [3.63, 3.8) is 0 Å². The molecule has 0 radical (unpaired) electrons. The molecule has 8 nitrogen and oxygen atoms in total. The highest BCUT2D eigenvalue weighted by Gasteiger charge is 2.42.